The van der Waals surface area contributed by atoms with Gasteiger partial charge in [0.05, 0.1) is 6.61 Å². The van der Waals surface area contributed by atoms with Gasteiger partial charge in [-0.3, -0.25) is 4.79 Å². The number of ether oxygens (including phenoxy) is 1. The number of para-hydroxylation sites is 1. The lowest BCUT2D eigenvalue weighted by Gasteiger charge is -2.34. The molecule has 1 aliphatic heterocycles. The van der Waals surface area contributed by atoms with Gasteiger partial charge in [-0.15, -0.1) is 0 Å². The third-order valence-electron chi connectivity index (χ3n) is 4.80. The molecule has 144 valence electrons. The van der Waals surface area contributed by atoms with Crippen molar-refractivity contribution in [3.8, 4) is 0 Å². The maximum absolute atomic E-state index is 12.5. The molecule has 0 radical (unpaired) electrons. The highest BCUT2D eigenvalue weighted by Crippen LogP contribution is 2.22. The van der Waals surface area contributed by atoms with Crippen LogP contribution in [0.15, 0.2) is 18.2 Å². The molecule has 6 nitrogen and oxygen atoms in total. The van der Waals surface area contributed by atoms with Crippen molar-refractivity contribution in [3.63, 3.8) is 0 Å². The Morgan fingerprint density at radius 3 is 2.12 bits per heavy atom. The van der Waals surface area contributed by atoms with E-state index >= 15 is 0 Å². The van der Waals surface area contributed by atoms with Gasteiger partial charge in [0.25, 0.3) is 0 Å². The molecule has 2 amide bonds. The van der Waals surface area contributed by atoms with Crippen molar-refractivity contribution in [3.05, 3.63) is 29.3 Å². The largest absolute Gasteiger partial charge is 0.450 e. The molecule has 1 saturated heterocycles. The number of rotatable bonds is 7. The number of hydrogen-bond acceptors (Lipinski definition) is 4. The Balaban J connectivity index is 1.81. The van der Waals surface area contributed by atoms with E-state index in [2.05, 4.69) is 37.4 Å². The SMILES string of the molecule is CCOC(=O)N1CCN(C(=O)CCNc2c(CC)cccc2CC)CC1. The Morgan fingerprint density at radius 2 is 1.58 bits per heavy atom. The molecule has 0 aliphatic carbocycles. The summed E-state index contributed by atoms with van der Waals surface area (Å²) in [5.74, 6) is 0.132. The fourth-order valence-corrected chi connectivity index (χ4v) is 3.28. The Hall–Kier alpha value is -2.24. The highest BCUT2D eigenvalue weighted by Gasteiger charge is 2.24. The highest BCUT2D eigenvalue weighted by molar-refractivity contribution is 5.77. The van der Waals surface area contributed by atoms with E-state index in [4.69, 9.17) is 4.74 Å². The number of carbonyl (C=O) groups is 2. The lowest BCUT2D eigenvalue weighted by molar-refractivity contribution is -0.132. The van der Waals surface area contributed by atoms with E-state index in [9.17, 15) is 9.59 Å². The van der Waals surface area contributed by atoms with Gasteiger partial charge >= 0.3 is 6.09 Å². The molecule has 0 unspecified atom stereocenters. The van der Waals surface area contributed by atoms with Crippen LogP contribution in [0.2, 0.25) is 0 Å². The van der Waals surface area contributed by atoms with Crippen LogP contribution in [0.5, 0.6) is 0 Å². The van der Waals surface area contributed by atoms with Crippen LogP contribution in [0.3, 0.4) is 0 Å². The van der Waals surface area contributed by atoms with Crippen LogP contribution in [0.25, 0.3) is 0 Å². The lowest BCUT2D eigenvalue weighted by atomic mass is 10.0. The van der Waals surface area contributed by atoms with Gasteiger partial charge in [-0.1, -0.05) is 32.0 Å². The molecule has 1 heterocycles. The third kappa shape index (κ3) is 5.13. The third-order valence-corrected chi connectivity index (χ3v) is 4.80. The first-order valence-corrected chi connectivity index (χ1v) is 9.64. The summed E-state index contributed by atoms with van der Waals surface area (Å²) in [7, 11) is 0. The van der Waals surface area contributed by atoms with Crippen molar-refractivity contribution in [2.24, 2.45) is 0 Å². The molecule has 0 spiro atoms. The van der Waals surface area contributed by atoms with Crippen LogP contribution < -0.4 is 5.32 Å². The molecule has 0 atom stereocenters. The summed E-state index contributed by atoms with van der Waals surface area (Å²) in [5, 5.41) is 3.47. The van der Waals surface area contributed by atoms with Crippen LogP contribution in [0.4, 0.5) is 10.5 Å². The molecule has 0 bridgehead atoms. The topological polar surface area (TPSA) is 61.9 Å². The molecule has 1 aromatic carbocycles. The van der Waals surface area contributed by atoms with Crippen LogP contribution in [-0.2, 0) is 22.4 Å². The van der Waals surface area contributed by atoms with Crippen molar-refractivity contribution < 1.29 is 14.3 Å². The predicted octanol–water partition coefficient (Wildman–Crippen LogP) is 2.91. The molecular formula is C20H31N3O3. The van der Waals surface area contributed by atoms with Crippen LogP contribution in [0.1, 0.15) is 38.3 Å². The minimum absolute atomic E-state index is 0.132. The fraction of sp³-hybridized carbons (Fsp3) is 0.600. The van der Waals surface area contributed by atoms with E-state index in [0.717, 1.165) is 12.8 Å². The zero-order valence-electron chi connectivity index (χ0n) is 16.2. The summed E-state index contributed by atoms with van der Waals surface area (Å²) < 4.78 is 5.01. The van der Waals surface area contributed by atoms with Gasteiger partial charge in [0, 0.05) is 44.8 Å². The van der Waals surface area contributed by atoms with Crippen molar-refractivity contribution in [1.82, 2.24) is 9.80 Å². The van der Waals surface area contributed by atoms with Gasteiger partial charge in [-0.05, 0) is 30.9 Å². The average Bonchev–Trinajstić information content (AvgIpc) is 2.68. The van der Waals surface area contributed by atoms with E-state index < -0.39 is 0 Å². The van der Waals surface area contributed by atoms with Crippen molar-refractivity contribution in [1.29, 1.82) is 0 Å². The maximum atomic E-state index is 12.5. The first kappa shape index (κ1) is 20.1. The molecule has 26 heavy (non-hydrogen) atoms. The van der Waals surface area contributed by atoms with Crippen LogP contribution in [-0.4, -0.2) is 61.1 Å². The van der Waals surface area contributed by atoms with Crippen molar-refractivity contribution in [2.45, 2.75) is 40.0 Å². The van der Waals surface area contributed by atoms with Crippen LogP contribution in [0, 0.1) is 0 Å². The highest BCUT2D eigenvalue weighted by atomic mass is 16.6. The standard InChI is InChI=1S/C20H31N3O3/c1-4-16-8-7-9-17(5-2)19(16)21-11-10-18(24)22-12-14-23(15-13-22)20(25)26-6-3/h7-9,21H,4-6,10-15H2,1-3H3. The number of nitrogens with zero attached hydrogens (tertiary/aromatic N) is 2. The Labute approximate surface area is 156 Å². The molecule has 0 saturated carbocycles. The lowest BCUT2D eigenvalue weighted by Crippen LogP contribution is -2.50. The van der Waals surface area contributed by atoms with Gasteiger partial charge in [0.1, 0.15) is 0 Å². The van der Waals surface area contributed by atoms with Crippen molar-refractivity contribution >= 4 is 17.7 Å². The number of hydrogen-bond donors (Lipinski definition) is 1. The first-order chi connectivity index (χ1) is 12.6. The molecule has 1 fully saturated rings. The zero-order valence-corrected chi connectivity index (χ0v) is 16.2. The molecule has 6 heteroatoms. The summed E-state index contributed by atoms with van der Waals surface area (Å²) in [4.78, 5) is 27.7. The van der Waals surface area contributed by atoms with Crippen LogP contribution >= 0.6 is 0 Å². The van der Waals surface area contributed by atoms with E-state index in [0.29, 0.717) is 45.8 Å². The summed E-state index contributed by atoms with van der Waals surface area (Å²) in [6.07, 6.45) is 2.12. The second kappa shape index (κ2) is 10.0. The minimum atomic E-state index is -0.287. The number of nitrogens with one attached hydrogen (secondary N) is 1. The molecule has 2 rings (SSSR count). The smallest absolute Gasteiger partial charge is 0.409 e. The Bertz CT molecular complexity index is 588. The summed E-state index contributed by atoms with van der Waals surface area (Å²) >= 11 is 0. The van der Waals surface area contributed by atoms with E-state index in [1.165, 1.54) is 16.8 Å². The summed E-state index contributed by atoms with van der Waals surface area (Å²) in [6, 6.07) is 6.37. The van der Waals surface area contributed by atoms with Gasteiger partial charge in [-0.25, -0.2) is 4.79 Å². The molecule has 1 aliphatic rings. The Kier molecular flexibility index (Phi) is 7.75. The minimum Gasteiger partial charge on any atom is -0.450 e. The second-order valence-electron chi connectivity index (χ2n) is 6.40. The molecular weight excluding hydrogens is 330 g/mol. The first-order valence-electron chi connectivity index (χ1n) is 9.64. The number of aryl methyl sites for hydroxylation is 2. The van der Waals surface area contributed by atoms with E-state index in [1.54, 1.807) is 11.8 Å². The van der Waals surface area contributed by atoms with Gasteiger partial charge in [-0.2, -0.15) is 0 Å². The normalized spacial score (nSPS) is 14.3. The predicted molar refractivity (Wildman–Crippen MR) is 103 cm³/mol. The number of benzene rings is 1. The average molecular weight is 361 g/mol. The molecule has 1 aromatic rings. The summed E-state index contributed by atoms with van der Waals surface area (Å²) in [5.41, 5.74) is 3.76. The number of carbonyl (C=O) groups excluding carboxylic acids is 2. The molecule has 1 N–H and O–H groups in total. The van der Waals surface area contributed by atoms with E-state index in [-0.39, 0.29) is 12.0 Å². The maximum Gasteiger partial charge on any atom is 0.409 e. The second-order valence-corrected chi connectivity index (χ2v) is 6.40. The van der Waals surface area contributed by atoms with Gasteiger partial charge in [0.2, 0.25) is 5.91 Å². The monoisotopic (exact) mass is 361 g/mol. The number of piperazine rings is 1. The van der Waals surface area contributed by atoms with Crippen molar-refractivity contribution in [2.75, 3.05) is 44.6 Å². The fourth-order valence-electron chi connectivity index (χ4n) is 3.28. The summed E-state index contributed by atoms with van der Waals surface area (Å²) in [6.45, 7) is 9.32. The quantitative estimate of drug-likeness (QED) is 0.811. The van der Waals surface area contributed by atoms with Gasteiger partial charge < -0.3 is 19.9 Å². The zero-order chi connectivity index (χ0) is 18.9. The van der Waals surface area contributed by atoms with Gasteiger partial charge in [0.15, 0.2) is 0 Å². The van der Waals surface area contributed by atoms with E-state index in [1.807, 2.05) is 4.90 Å². The Morgan fingerprint density at radius 1 is 1.00 bits per heavy atom. The number of anilines is 1. The number of amides is 2. The molecule has 0 aromatic heterocycles.